The van der Waals surface area contributed by atoms with Crippen molar-refractivity contribution in [3.05, 3.63) is 34.9 Å². The molecule has 0 amide bonds. The Morgan fingerprint density at radius 3 is 2.77 bits per heavy atom. The summed E-state index contributed by atoms with van der Waals surface area (Å²) in [5.74, 6) is 2.86. The minimum atomic E-state index is -0.143. The van der Waals surface area contributed by atoms with Crippen LogP contribution in [0.15, 0.2) is 34.9 Å². The smallest absolute Gasteiger partial charge is 0.306 e. The van der Waals surface area contributed by atoms with Gasteiger partial charge < -0.3 is 4.74 Å². The summed E-state index contributed by atoms with van der Waals surface area (Å²) in [7, 11) is 0. The van der Waals surface area contributed by atoms with E-state index >= 15 is 0 Å². The molecule has 6 aliphatic rings. The lowest BCUT2D eigenvalue weighted by Gasteiger charge is -2.55. The molecular formula is C24H30O2. The Balaban J connectivity index is 1.45. The zero-order valence-corrected chi connectivity index (χ0v) is 16.3. The Labute approximate surface area is 156 Å². The third-order valence-electron chi connectivity index (χ3n) is 9.47. The van der Waals surface area contributed by atoms with Crippen molar-refractivity contribution >= 4 is 5.97 Å². The first kappa shape index (κ1) is 15.7. The molecule has 1 saturated heterocycles. The quantitative estimate of drug-likeness (QED) is 0.434. The molecule has 2 nitrogen and oxygen atoms in total. The molecule has 0 aromatic rings. The van der Waals surface area contributed by atoms with E-state index in [0.29, 0.717) is 24.2 Å². The van der Waals surface area contributed by atoms with Gasteiger partial charge in [0.25, 0.3) is 0 Å². The fourth-order valence-electron chi connectivity index (χ4n) is 8.15. The lowest BCUT2D eigenvalue weighted by atomic mass is 9.50. The standard InChI is InChI=1S/C24H30O2/c1-14-6-9-22(2)15(12-14)4-5-16-18(22)7-10-23(3)21(16)17-13-19(17)24(23)11-8-20(25)26-24/h4,7,12,16-17,19,21H,5-6,8-11,13H2,1-3H3/t16?,17-,19+,21?,22+,23+,24+/m1/s1. The zero-order chi connectivity index (χ0) is 17.9. The van der Waals surface area contributed by atoms with E-state index in [4.69, 9.17) is 4.74 Å². The van der Waals surface area contributed by atoms with Crippen LogP contribution in [0.1, 0.15) is 65.7 Å². The van der Waals surface area contributed by atoms with Gasteiger partial charge in [-0.25, -0.2) is 0 Å². The van der Waals surface area contributed by atoms with Crippen LogP contribution in [0.5, 0.6) is 0 Å². The van der Waals surface area contributed by atoms with Crippen molar-refractivity contribution in [2.24, 2.45) is 34.5 Å². The van der Waals surface area contributed by atoms with Crippen molar-refractivity contribution in [3.63, 3.8) is 0 Å². The minimum Gasteiger partial charge on any atom is -0.458 e. The number of carbonyl (C=O) groups is 1. The molecule has 2 saturated carbocycles. The molecule has 1 aliphatic heterocycles. The highest BCUT2D eigenvalue weighted by Crippen LogP contribution is 2.78. The number of fused-ring (bicyclic) bond motifs is 9. The van der Waals surface area contributed by atoms with Crippen molar-refractivity contribution in [2.45, 2.75) is 71.3 Å². The summed E-state index contributed by atoms with van der Waals surface area (Å²) in [6.45, 7) is 7.23. The van der Waals surface area contributed by atoms with Crippen LogP contribution in [0.2, 0.25) is 0 Å². The molecule has 0 aromatic carbocycles. The topological polar surface area (TPSA) is 26.3 Å². The van der Waals surface area contributed by atoms with Gasteiger partial charge in [-0.1, -0.05) is 43.2 Å². The Morgan fingerprint density at radius 2 is 2.00 bits per heavy atom. The fourth-order valence-corrected chi connectivity index (χ4v) is 8.15. The fraction of sp³-hybridized carbons (Fsp3) is 0.708. The third-order valence-corrected chi connectivity index (χ3v) is 9.47. The van der Waals surface area contributed by atoms with Crippen molar-refractivity contribution in [1.29, 1.82) is 0 Å². The Morgan fingerprint density at radius 1 is 1.15 bits per heavy atom. The van der Waals surface area contributed by atoms with Gasteiger partial charge in [0.15, 0.2) is 0 Å². The first-order valence-corrected chi connectivity index (χ1v) is 10.7. The largest absolute Gasteiger partial charge is 0.458 e. The van der Waals surface area contributed by atoms with E-state index in [0.717, 1.165) is 18.8 Å². The van der Waals surface area contributed by atoms with Gasteiger partial charge in [-0.15, -0.1) is 0 Å². The highest BCUT2D eigenvalue weighted by Gasteiger charge is 2.78. The van der Waals surface area contributed by atoms with E-state index in [1.165, 1.54) is 31.3 Å². The number of hydrogen-bond acceptors (Lipinski definition) is 2. The predicted molar refractivity (Wildman–Crippen MR) is 101 cm³/mol. The minimum absolute atomic E-state index is 0.0537. The molecule has 5 aliphatic carbocycles. The van der Waals surface area contributed by atoms with Gasteiger partial charge in [0, 0.05) is 23.2 Å². The molecule has 6 rings (SSSR count). The Bertz CT molecular complexity index is 816. The van der Waals surface area contributed by atoms with E-state index in [1.54, 1.807) is 11.1 Å². The summed E-state index contributed by atoms with van der Waals surface area (Å²) in [5.41, 5.74) is 5.09. The normalized spacial score (nSPS) is 53.7. The molecule has 26 heavy (non-hydrogen) atoms. The molecule has 0 N–H and O–H groups in total. The number of carbonyl (C=O) groups excluding carboxylic acids is 1. The van der Waals surface area contributed by atoms with E-state index in [-0.39, 0.29) is 22.4 Å². The van der Waals surface area contributed by atoms with Gasteiger partial charge in [0.1, 0.15) is 5.60 Å². The maximum Gasteiger partial charge on any atom is 0.306 e. The van der Waals surface area contributed by atoms with Crippen molar-refractivity contribution in [2.75, 3.05) is 0 Å². The monoisotopic (exact) mass is 350 g/mol. The van der Waals surface area contributed by atoms with Gasteiger partial charge in [-0.05, 0) is 68.8 Å². The van der Waals surface area contributed by atoms with Gasteiger partial charge in [0.05, 0.1) is 0 Å². The summed E-state index contributed by atoms with van der Waals surface area (Å²) in [6.07, 6.45) is 15.3. The van der Waals surface area contributed by atoms with Gasteiger partial charge in [-0.3, -0.25) is 4.79 Å². The second kappa shape index (κ2) is 4.56. The number of ether oxygens (including phenoxy) is 1. The maximum absolute atomic E-state index is 12.1. The molecule has 7 atom stereocenters. The molecule has 0 bridgehead atoms. The molecule has 3 fully saturated rings. The van der Waals surface area contributed by atoms with Gasteiger partial charge >= 0.3 is 5.97 Å². The first-order valence-electron chi connectivity index (χ1n) is 10.7. The van der Waals surface area contributed by atoms with Crippen LogP contribution in [0.3, 0.4) is 0 Å². The highest BCUT2D eigenvalue weighted by atomic mass is 16.6. The second-order valence-corrected chi connectivity index (χ2v) is 10.5. The predicted octanol–water partition coefficient (Wildman–Crippen LogP) is 5.36. The van der Waals surface area contributed by atoms with Crippen LogP contribution < -0.4 is 0 Å². The average Bonchev–Trinajstić information content (AvgIpc) is 3.24. The average molecular weight is 351 g/mol. The van der Waals surface area contributed by atoms with Gasteiger partial charge in [0.2, 0.25) is 0 Å². The third kappa shape index (κ3) is 1.60. The summed E-state index contributed by atoms with van der Waals surface area (Å²) in [6, 6.07) is 0. The van der Waals surface area contributed by atoms with Gasteiger partial charge in [-0.2, -0.15) is 0 Å². The number of allylic oxidation sites excluding steroid dienone is 6. The summed E-state index contributed by atoms with van der Waals surface area (Å²) < 4.78 is 6.17. The van der Waals surface area contributed by atoms with Crippen molar-refractivity contribution in [1.82, 2.24) is 0 Å². The second-order valence-electron chi connectivity index (χ2n) is 10.5. The Kier molecular flexibility index (Phi) is 2.76. The highest BCUT2D eigenvalue weighted by molar-refractivity contribution is 5.73. The van der Waals surface area contributed by atoms with Crippen LogP contribution in [-0.4, -0.2) is 11.6 Å². The first-order chi connectivity index (χ1) is 12.4. The lowest BCUT2D eigenvalue weighted by molar-refractivity contribution is -0.165. The zero-order valence-electron chi connectivity index (χ0n) is 16.3. The number of esters is 1. The summed E-state index contributed by atoms with van der Waals surface area (Å²) in [4.78, 5) is 12.1. The summed E-state index contributed by atoms with van der Waals surface area (Å²) in [5, 5.41) is 0. The maximum atomic E-state index is 12.1. The molecule has 0 radical (unpaired) electrons. The van der Waals surface area contributed by atoms with Crippen LogP contribution in [0, 0.1) is 34.5 Å². The summed E-state index contributed by atoms with van der Waals surface area (Å²) >= 11 is 0. The van der Waals surface area contributed by atoms with Crippen LogP contribution in [-0.2, 0) is 9.53 Å². The molecule has 2 heteroatoms. The van der Waals surface area contributed by atoms with Crippen LogP contribution in [0.25, 0.3) is 0 Å². The van der Waals surface area contributed by atoms with Crippen LogP contribution in [0.4, 0.5) is 0 Å². The van der Waals surface area contributed by atoms with Crippen LogP contribution >= 0.6 is 0 Å². The molecule has 2 unspecified atom stereocenters. The molecule has 0 aromatic heterocycles. The van der Waals surface area contributed by atoms with E-state index in [1.807, 2.05) is 0 Å². The Hall–Kier alpha value is -1.31. The number of rotatable bonds is 0. The number of hydrogen-bond donors (Lipinski definition) is 0. The SMILES string of the molecule is CC1=CC2=CCC3C(=CC[C@@]4(C)C3[C@@H]3C[C@@H]3[C@@]43CCC(=O)O3)[C@@]2(C)CC1. The lowest BCUT2D eigenvalue weighted by Crippen LogP contribution is -2.53. The van der Waals surface area contributed by atoms with Crippen molar-refractivity contribution < 1.29 is 9.53 Å². The molecule has 138 valence electrons. The van der Waals surface area contributed by atoms with E-state index in [9.17, 15) is 4.79 Å². The molecular weight excluding hydrogens is 320 g/mol. The van der Waals surface area contributed by atoms with E-state index in [2.05, 4.69) is 39.0 Å². The molecule has 1 spiro atoms. The molecule has 1 heterocycles. The van der Waals surface area contributed by atoms with Crippen molar-refractivity contribution in [3.8, 4) is 0 Å². The van der Waals surface area contributed by atoms with E-state index < -0.39 is 0 Å².